The van der Waals surface area contributed by atoms with Crippen LogP contribution in [0.4, 0.5) is 0 Å². The van der Waals surface area contributed by atoms with Gasteiger partial charge >= 0.3 is 0 Å². The van der Waals surface area contributed by atoms with Gasteiger partial charge in [-0.25, -0.2) is 0 Å². The molecule has 12 heavy (non-hydrogen) atoms. The number of aliphatic hydroxyl groups is 5. The summed E-state index contributed by atoms with van der Waals surface area (Å²) in [6.45, 7) is -0.914. The molecule has 0 saturated heterocycles. The normalized spacial score (nSPS) is 48.2. The lowest BCUT2D eigenvalue weighted by molar-refractivity contribution is -0.111. The Labute approximate surface area is 69.9 Å². The molecule has 1 unspecified atom stereocenters. The molecule has 72 valence electrons. The lowest BCUT2D eigenvalue weighted by Crippen LogP contribution is -2.45. The van der Waals surface area contributed by atoms with E-state index in [9.17, 15) is 15.3 Å². The fourth-order valence-corrected chi connectivity index (χ4v) is 1.60. The molecule has 0 aliphatic heterocycles. The molecule has 0 heterocycles. The summed E-state index contributed by atoms with van der Waals surface area (Å²) in [7, 11) is 0. The first-order valence-electron chi connectivity index (χ1n) is 3.85. The predicted octanol–water partition coefficient (Wildman–Crippen LogP) is -2.56. The van der Waals surface area contributed by atoms with E-state index in [1.54, 1.807) is 0 Å². The van der Waals surface area contributed by atoms with Crippen molar-refractivity contribution >= 4 is 0 Å². The molecule has 1 rings (SSSR count). The molecule has 0 aromatic rings. The summed E-state index contributed by atoms with van der Waals surface area (Å²) < 4.78 is 0. The average molecular weight is 178 g/mol. The van der Waals surface area contributed by atoms with Gasteiger partial charge in [-0.3, -0.25) is 0 Å². The van der Waals surface area contributed by atoms with Crippen LogP contribution in [-0.4, -0.2) is 56.6 Å². The Hall–Kier alpha value is -0.200. The maximum atomic E-state index is 9.47. The number of hydrogen-bond donors (Lipinski definition) is 5. The Morgan fingerprint density at radius 1 is 1.25 bits per heavy atom. The monoisotopic (exact) mass is 178 g/mol. The summed E-state index contributed by atoms with van der Waals surface area (Å²) in [6.07, 6.45) is -2.52. The lowest BCUT2D eigenvalue weighted by atomic mass is 10.0. The van der Waals surface area contributed by atoms with Crippen molar-refractivity contribution in [1.82, 2.24) is 0 Å². The molecule has 5 heteroatoms. The van der Waals surface area contributed by atoms with Crippen molar-refractivity contribution in [3.63, 3.8) is 0 Å². The summed E-state index contributed by atoms with van der Waals surface area (Å²) in [5.41, 5.74) is -1.66. The predicted molar refractivity (Wildman–Crippen MR) is 39.2 cm³/mol. The molecule has 4 atom stereocenters. The van der Waals surface area contributed by atoms with Crippen LogP contribution in [-0.2, 0) is 0 Å². The third-order valence-electron chi connectivity index (χ3n) is 2.48. The smallest absolute Gasteiger partial charge is 0.116 e. The van der Waals surface area contributed by atoms with E-state index >= 15 is 0 Å². The minimum absolute atomic E-state index is 0.0162. The molecule has 5 N–H and O–H groups in total. The fourth-order valence-electron chi connectivity index (χ4n) is 1.60. The third-order valence-corrected chi connectivity index (χ3v) is 2.48. The van der Waals surface area contributed by atoms with Gasteiger partial charge in [-0.1, -0.05) is 0 Å². The summed E-state index contributed by atoms with van der Waals surface area (Å²) in [5.74, 6) is -0.558. The van der Waals surface area contributed by atoms with Crippen LogP contribution in [0.1, 0.15) is 6.42 Å². The molecule has 0 spiro atoms. The number of rotatable bonds is 2. The SMILES string of the molecule is OC[C@H]1C[C@@](O)(CO)C(O)[C@H]1O. The van der Waals surface area contributed by atoms with Gasteiger partial charge in [0.25, 0.3) is 0 Å². The molecular weight excluding hydrogens is 164 g/mol. The largest absolute Gasteiger partial charge is 0.396 e. The zero-order valence-electron chi connectivity index (χ0n) is 6.59. The number of aliphatic hydroxyl groups excluding tert-OH is 4. The van der Waals surface area contributed by atoms with Crippen LogP contribution in [0.15, 0.2) is 0 Å². The van der Waals surface area contributed by atoms with E-state index in [-0.39, 0.29) is 13.0 Å². The highest BCUT2D eigenvalue weighted by molar-refractivity contribution is 5.01. The third kappa shape index (κ3) is 1.34. The van der Waals surface area contributed by atoms with E-state index in [4.69, 9.17) is 10.2 Å². The quantitative estimate of drug-likeness (QED) is 0.320. The summed E-state index contributed by atoms with van der Waals surface area (Å²) in [4.78, 5) is 0. The van der Waals surface area contributed by atoms with Crippen LogP contribution in [0, 0.1) is 5.92 Å². The maximum absolute atomic E-state index is 9.47. The number of hydrogen-bond acceptors (Lipinski definition) is 5. The molecule has 1 aliphatic rings. The molecular formula is C7H14O5. The van der Waals surface area contributed by atoms with Crippen molar-refractivity contribution in [2.75, 3.05) is 13.2 Å². The van der Waals surface area contributed by atoms with Crippen molar-refractivity contribution in [2.45, 2.75) is 24.2 Å². The molecule has 0 bridgehead atoms. The van der Waals surface area contributed by atoms with Gasteiger partial charge in [0.05, 0.1) is 12.7 Å². The second-order valence-corrected chi connectivity index (χ2v) is 3.34. The minimum atomic E-state index is -1.66. The van der Waals surface area contributed by atoms with Gasteiger partial charge in [-0.05, 0) is 6.42 Å². The molecule has 0 aromatic carbocycles. The highest BCUT2D eigenvalue weighted by Gasteiger charge is 2.50. The zero-order valence-corrected chi connectivity index (χ0v) is 6.59. The minimum Gasteiger partial charge on any atom is -0.396 e. The van der Waals surface area contributed by atoms with Crippen LogP contribution >= 0.6 is 0 Å². The van der Waals surface area contributed by atoms with E-state index in [2.05, 4.69) is 0 Å². The van der Waals surface area contributed by atoms with Crippen LogP contribution in [0.25, 0.3) is 0 Å². The van der Waals surface area contributed by atoms with Gasteiger partial charge in [0, 0.05) is 12.5 Å². The highest BCUT2D eigenvalue weighted by atomic mass is 16.4. The van der Waals surface area contributed by atoms with E-state index in [0.717, 1.165) is 0 Å². The first kappa shape index (κ1) is 9.88. The van der Waals surface area contributed by atoms with Crippen molar-refractivity contribution in [1.29, 1.82) is 0 Å². The van der Waals surface area contributed by atoms with E-state index < -0.39 is 30.3 Å². The fraction of sp³-hybridized carbons (Fsp3) is 1.00. The Bertz CT molecular complexity index is 162. The Balaban J connectivity index is 2.72. The van der Waals surface area contributed by atoms with Crippen molar-refractivity contribution in [3.05, 3.63) is 0 Å². The van der Waals surface area contributed by atoms with E-state index in [1.807, 2.05) is 0 Å². The Morgan fingerprint density at radius 3 is 2.08 bits per heavy atom. The van der Waals surface area contributed by atoms with Gasteiger partial charge in [-0.15, -0.1) is 0 Å². The van der Waals surface area contributed by atoms with Crippen molar-refractivity contribution in [3.8, 4) is 0 Å². The topological polar surface area (TPSA) is 101 Å². The molecule has 0 aromatic heterocycles. The molecule has 5 nitrogen and oxygen atoms in total. The Kier molecular flexibility index (Phi) is 2.70. The molecule has 1 fully saturated rings. The van der Waals surface area contributed by atoms with Gasteiger partial charge in [0.2, 0.25) is 0 Å². The van der Waals surface area contributed by atoms with Gasteiger partial charge in [0.1, 0.15) is 11.7 Å². The first-order chi connectivity index (χ1) is 5.55. The van der Waals surface area contributed by atoms with Gasteiger partial charge < -0.3 is 25.5 Å². The zero-order chi connectivity index (χ0) is 9.35. The van der Waals surface area contributed by atoms with Gasteiger partial charge in [-0.2, -0.15) is 0 Å². The van der Waals surface area contributed by atoms with Crippen LogP contribution in [0.2, 0.25) is 0 Å². The highest BCUT2D eigenvalue weighted by Crippen LogP contribution is 2.34. The molecule has 1 aliphatic carbocycles. The van der Waals surface area contributed by atoms with Crippen LogP contribution < -0.4 is 0 Å². The Morgan fingerprint density at radius 2 is 1.83 bits per heavy atom. The second-order valence-electron chi connectivity index (χ2n) is 3.34. The standard InChI is InChI=1S/C7H14O5/c8-2-4-1-7(12,3-9)6(11)5(4)10/h4-6,8-12H,1-3H2/t4-,5+,6?,7-/m1/s1. The maximum Gasteiger partial charge on any atom is 0.116 e. The summed E-state index contributed by atoms with van der Waals surface area (Å²) >= 11 is 0. The van der Waals surface area contributed by atoms with Crippen molar-refractivity contribution in [2.24, 2.45) is 5.92 Å². The average Bonchev–Trinajstić information content (AvgIpc) is 2.31. The molecule has 0 amide bonds. The lowest BCUT2D eigenvalue weighted by Gasteiger charge is -2.24. The van der Waals surface area contributed by atoms with E-state index in [1.165, 1.54) is 0 Å². The molecule has 0 radical (unpaired) electrons. The van der Waals surface area contributed by atoms with Crippen LogP contribution in [0.3, 0.4) is 0 Å². The second kappa shape index (κ2) is 3.27. The molecule has 1 saturated carbocycles. The van der Waals surface area contributed by atoms with E-state index in [0.29, 0.717) is 0 Å². The summed E-state index contributed by atoms with van der Waals surface area (Å²) in [5, 5.41) is 45.4. The summed E-state index contributed by atoms with van der Waals surface area (Å²) in [6, 6.07) is 0. The van der Waals surface area contributed by atoms with Crippen LogP contribution in [0.5, 0.6) is 0 Å². The van der Waals surface area contributed by atoms with Crippen molar-refractivity contribution < 1.29 is 25.5 Å². The first-order valence-corrected chi connectivity index (χ1v) is 3.85. The van der Waals surface area contributed by atoms with Gasteiger partial charge in [0.15, 0.2) is 0 Å².